The van der Waals surface area contributed by atoms with Gasteiger partial charge in [-0.15, -0.1) is 0 Å². The molecule has 0 saturated carbocycles. The van der Waals surface area contributed by atoms with Crippen LogP contribution >= 0.6 is 0 Å². The average molecular weight is 529 g/mol. The van der Waals surface area contributed by atoms with Crippen molar-refractivity contribution in [3.63, 3.8) is 0 Å². The van der Waals surface area contributed by atoms with Crippen molar-refractivity contribution in [1.82, 2.24) is 0 Å². The summed E-state index contributed by atoms with van der Waals surface area (Å²) in [4.78, 5) is 23.9. The molecule has 0 rings (SSSR count). The lowest BCUT2D eigenvalue weighted by atomic mass is 10.0. The summed E-state index contributed by atoms with van der Waals surface area (Å²) in [6.45, 7) is 17.7. The summed E-state index contributed by atoms with van der Waals surface area (Å²) < 4.78 is 10.5. The van der Waals surface area contributed by atoms with Crippen LogP contribution in [-0.4, -0.2) is 25.2 Å². The lowest BCUT2D eigenvalue weighted by Gasteiger charge is -2.06. The first-order valence-electron chi connectivity index (χ1n) is 14.6. The van der Waals surface area contributed by atoms with Crippen LogP contribution in [0.25, 0.3) is 0 Å². The Kier molecular flexibility index (Phi) is 21.2. The number of carbonyl (C=O) groups is 2. The Morgan fingerprint density at radius 1 is 0.579 bits per heavy atom. The van der Waals surface area contributed by atoms with E-state index < -0.39 is 0 Å². The SMILES string of the molecule is CC(C)=CCCC(C)=CC(=O)OCCCCOC(=O)C=C(C)CCC=C(C)CCC=C(C)CCCC(C)C. The predicted molar refractivity (Wildman–Crippen MR) is 162 cm³/mol. The van der Waals surface area contributed by atoms with Crippen LogP contribution in [-0.2, 0) is 19.1 Å². The minimum absolute atomic E-state index is 0.298. The van der Waals surface area contributed by atoms with Crippen molar-refractivity contribution < 1.29 is 19.1 Å². The molecule has 4 nitrogen and oxygen atoms in total. The van der Waals surface area contributed by atoms with Crippen molar-refractivity contribution in [2.45, 2.75) is 126 Å². The Bertz CT molecular complexity index is 833. The van der Waals surface area contributed by atoms with E-state index in [1.165, 1.54) is 36.0 Å². The van der Waals surface area contributed by atoms with E-state index in [0.29, 0.717) is 26.1 Å². The first-order valence-corrected chi connectivity index (χ1v) is 14.6. The molecule has 0 atom stereocenters. The molecule has 0 aliphatic carbocycles. The summed E-state index contributed by atoms with van der Waals surface area (Å²) in [7, 11) is 0. The second kappa shape index (κ2) is 22.6. The Balaban J connectivity index is 4.02. The van der Waals surface area contributed by atoms with Gasteiger partial charge in [-0.2, -0.15) is 0 Å². The van der Waals surface area contributed by atoms with Crippen LogP contribution in [0, 0.1) is 5.92 Å². The normalized spacial score (nSPS) is 13.1. The highest BCUT2D eigenvalue weighted by Crippen LogP contribution is 2.15. The zero-order chi connectivity index (χ0) is 28.8. The van der Waals surface area contributed by atoms with Gasteiger partial charge in [0.05, 0.1) is 13.2 Å². The molecule has 0 amide bonds. The maximum atomic E-state index is 12.0. The van der Waals surface area contributed by atoms with Gasteiger partial charge in [-0.3, -0.25) is 0 Å². The molecule has 0 aliphatic heterocycles. The van der Waals surface area contributed by atoms with Gasteiger partial charge in [-0.05, 0) is 112 Å². The van der Waals surface area contributed by atoms with Gasteiger partial charge >= 0.3 is 11.9 Å². The first kappa shape index (κ1) is 35.6. The quantitative estimate of drug-likeness (QED) is 0.0683. The molecule has 4 heteroatoms. The van der Waals surface area contributed by atoms with E-state index in [4.69, 9.17) is 9.47 Å². The molecule has 0 spiro atoms. The molecule has 0 unspecified atom stereocenters. The van der Waals surface area contributed by atoms with Gasteiger partial charge in [0.25, 0.3) is 0 Å². The lowest BCUT2D eigenvalue weighted by Crippen LogP contribution is -2.07. The lowest BCUT2D eigenvalue weighted by molar-refractivity contribution is -0.140. The summed E-state index contributed by atoms with van der Waals surface area (Å²) in [5.74, 6) is 0.187. The van der Waals surface area contributed by atoms with Crippen molar-refractivity contribution in [2.75, 3.05) is 13.2 Å². The zero-order valence-electron chi connectivity index (χ0n) is 25.8. The largest absolute Gasteiger partial charge is 0.463 e. The van der Waals surface area contributed by atoms with E-state index in [2.05, 4.69) is 59.8 Å². The van der Waals surface area contributed by atoms with Crippen molar-refractivity contribution in [2.24, 2.45) is 5.92 Å². The molecular formula is C34H56O4. The summed E-state index contributed by atoms with van der Waals surface area (Å²) in [5.41, 5.74) is 6.24. The van der Waals surface area contributed by atoms with Crippen LogP contribution in [0.15, 0.2) is 58.2 Å². The van der Waals surface area contributed by atoms with E-state index >= 15 is 0 Å². The molecule has 0 aliphatic rings. The molecule has 0 aromatic carbocycles. The fraction of sp³-hybridized carbons (Fsp3) is 0.647. The smallest absolute Gasteiger partial charge is 0.330 e. The Hall–Kier alpha value is -2.36. The third-order valence-electron chi connectivity index (χ3n) is 6.26. The Morgan fingerprint density at radius 2 is 1.00 bits per heavy atom. The Labute approximate surface area is 234 Å². The third-order valence-corrected chi connectivity index (χ3v) is 6.26. The fourth-order valence-corrected chi connectivity index (χ4v) is 3.85. The molecule has 0 heterocycles. The van der Waals surface area contributed by atoms with Crippen LogP contribution < -0.4 is 0 Å². The van der Waals surface area contributed by atoms with Gasteiger partial charge in [-0.25, -0.2) is 9.59 Å². The molecule has 0 fully saturated rings. The van der Waals surface area contributed by atoms with Crippen LogP contribution in [0.5, 0.6) is 0 Å². The monoisotopic (exact) mass is 528 g/mol. The van der Waals surface area contributed by atoms with Crippen LogP contribution in [0.4, 0.5) is 0 Å². The Morgan fingerprint density at radius 3 is 1.45 bits per heavy atom. The van der Waals surface area contributed by atoms with Gasteiger partial charge in [-0.1, -0.05) is 66.4 Å². The summed E-state index contributed by atoms with van der Waals surface area (Å²) in [6.07, 6.45) is 20.9. The first-order chi connectivity index (χ1) is 18.0. The maximum absolute atomic E-state index is 12.0. The highest BCUT2D eigenvalue weighted by atomic mass is 16.5. The number of rotatable bonds is 20. The fourth-order valence-electron chi connectivity index (χ4n) is 3.85. The highest BCUT2D eigenvalue weighted by Gasteiger charge is 2.03. The molecule has 216 valence electrons. The number of unbranched alkanes of at least 4 members (excludes halogenated alkanes) is 1. The molecule has 0 radical (unpaired) electrons. The van der Waals surface area contributed by atoms with Crippen LogP contribution in [0.2, 0.25) is 0 Å². The molecular weight excluding hydrogens is 472 g/mol. The van der Waals surface area contributed by atoms with Crippen molar-refractivity contribution in [3.05, 3.63) is 58.2 Å². The highest BCUT2D eigenvalue weighted by molar-refractivity contribution is 5.83. The minimum atomic E-state index is -0.303. The maximum Gasteiger partial charge on any atom is 0.330 e. The molecule has 0 N–H and O–H groups in total. The number of hydrogen-bond donors (Lipinski definition) is 0. The molecule has 0 aromatic rings. The topological polar surface area (TPSA) is 52.6 Å². The zero-order valence-corrected chi connectivity index (χ0v) is 25.8. The second-order valence-electron chi connectivity index (χ2n) is 11.3. The van der Waals surface area contributed by atoms with E-state index in [-0.39, 0.29) is 11.9 Å². The summed E-state index contributed by atoms with van der Waals surface area (Å²) >= 11 is 0. The molecule has 0 bridgehead atoms. The summed E-state index contributed by atoms with van der Waals surface area (Å²) in [6, 6.07) is 0. The summed E-state index contributed by atoms with van der Waals surface area (Å²) in [5, 5.41) is 0. The van der Waals surface area contributed by atoms with E-state index in [9.17, 15) is 9.59 Å². The van der Waals surface area contributed by atoms with Crippen LogP contribution in [0.3, 0.4) is 0 Å². The minimum Gasteiger partial charge on any atom is -0.463 e. The average Bonchev–Trinajstić information content (AvgIpc) is 2.80. The van der Waals surface area contributed by atoms with Gasteiger partial charge in [0.15, 0.2) is 0 Å². The second-order valence-corrected chi connectivity index (χ2v) is 11.3. The van der Waals surface area contributed by atoms with E-state index in [1.54, 1.807) is 12.2 Å². The molecule has 0 saturated heterocycles. The third kappa shape index (κ3) is 24.0. The standard InChI is InChI=1S/C34H56O4/c1-27(2)15-11-17-29(5)18-13-19-30(6)20-14-22-32(8)26-34(36)38-24-10-9-23-37-33(35)25-31(7)21-12-16-28(3)4/h16,18,20,25-27H,9-15,17,19,21-24H2,1-8H3. The number of allylic oxidation sites excluding steroid dienone is 8. The number of ether oxygens (including phenoxy) is 2. The number of esters is 2. The number of carbonyl (C=O) groups excluding carboxylic acids is 2. The van der Waals surface area contributed by atoms with Crippen LogP contribution in [0.1, 0.15) is 126 Å². The number of hydrogen-bond acceptors (Lipinski definition) is 4. The molecule has 38 heavy (non-hydrogen) atoms. The van der Waals surface area contributed by atoms with Crippen molar-refractivity contribution >= 4 is 11.9 Å². The molecule has 0 aromatic heterocycles. The van der Waals surface area contributed by atoms with Gasteiger partial charge in [0.1, 0.15) is 0 Å². The van der Waals surface area contributed by atoms with Gasteiger partial charge in [0.2, 0.25) is 0 Å². The van der Waals surface area contributed by atoms with Crippen molar-refractivity contribution in [1.29, 1.82) is 0 Å². The van der Waals surface area contributed by atoms with Gasteiger partial charge in [0, 0.05) is 12.2 Å². The van der Waals surface area contributed by atoms with E-state index in [0.717, 1.165) is 55.6 Å². The van der Waals surface area contributed by atoms with Crippen molar-refractivity contribution in [3.8, 4) is 0 Å². The predicted octanol–water partition coefficient (Wildman–Crippen LogP) is 9.77. The van der Waals surface area contributed by atoms with Gasteiger partial charge < -0.3 is 9.47 Å². The van der Waals surface area contributed by atoms with E-state index in [1.807, 2.05) is 13.8 Å².